The number of nitrogens with one attached hydrogen (secondary N) is 1. The van der Waals surface area contributed by atoms with Crippen LogP contribution < -0.4 is 5.32 Å². The Morgan fingerprint density at radius 2 is 1.77 bits per heavy atom. The van der Waals surface area contributed by atoms with Crippen molar-refractivity contribution in [2.45, 2.75) is 63.3 Å². The lowest BCUT2D eigenvalue weighted by atomic mass is 9.71. The fourth-order valence-corrected chi connectivity index (χ4v) is 5.03. The Hall–Kier alpha value is -1.77. The van der Waals surface area contributed by atoms with Crippen LogP contribution in [0, 0.1) is 0 Å². The molecule has 114 valence electrons. The second-order valence-corrected chi connectivity index (χ2v) is 7.14. The lowest BCUT2D eigenvalue weighted by Gasteiger charge is -2.47. The largest absolute Gasteiger partial charge is 0.329 e. The number of imidazole rings is 1. The van der Waals surface area contributed by atoms with E-state index in [1.54, 1.807) is 5.57 Å². The summed E-state index contributed by atoms with van der Waals surface area (Å²) < 4.78 is 2.56. The van der Waals surface area contributed by atoms with Gasteiger partial charge in [-0.05, 0) is 56.2 Å². The van der Waals surface area contributed by atoms with Crippen molar-refractivity contribution in [1.29, 1.82) is 0 Å². The van der Waals surface area contributed by atoms with Crippen LogP contribution in [0.15, 0.2) is 35.5 Å². The molecule has 0 radical (unpaired) electrons. The van der Waals surface area contributed by atoms with Gasteiger partial charge in [0.05, 0.1) is 16.6 Å². The number of rotatable bonds is 0. The Balaban J connectivity index is 1.80. The molecule has 5 rings (SSSR count). The van der Waals surface area contributed by atoms with Crippen LogP contribution in [0.1, 0.15) is 57.8 Å². The van der Waals surface area contributed by atoms with Crippen LogP contribution in [0.4, 0.5) is 5.95 Å². The van der Waals surface area contributed by atoms with Crippen molar-refractivity contribution < 1.29 is 0 Å². The van der Waals surface area contributed by atoms with E-state index in [0.29, 0.717) is 0 Å². The van der Waals surface area contributed by atoms with Crippen LogP contribution in [0.2, 0.25) is 0 Å². The molecule has 1 aliphatic heterocycles. The van der Waals surface area contributed by atoms with Crippen LogP contribution in [0.5, 0.6) is 0 Å². The minimum absolute atomic E-state index is 0.213. The molecule has 0 unspecified atom stereocenters. The topological polar surface area (TPSA) is 29.9 Å². The fourth-order valence-electron chi connectivity index (χ4n) is 5.03. The first-order chi connectivity index (χ1) is 10.9. The number of aromatic nitrogens is 2. The molecule has 2 heterocycles. The average molecular weight is 293 g/mol. The zero-order valence-electron chi connectivity index (χ0n) is 13.1. The van der Waals surface area contributed by atoms with Gasteiger partial charge in [-0.2, -0.15) is 0 Å². The van der Waals surface area contributed by atoms with Crippen molar-refractivity contribution in [2.75, 3.05) is 5.32 Å². The Kier molecular flexibility index (Phi) is 2.67. The third-order valence-electron chi connectivity index (χ3n) is 5.96. The van der Waals surface area contributed by atoms with E-state index in [2.05, 4.69) is 34.1 Å². The standard InChI is InChI=1S/C19H23N3/c1-6-12-19(13-7-1)14-8-2-3-9-15(14)20-18-21-16-10-4-5-11-17(16)22(18)19/h4-5,10-11H,1-3,6-9,12-13H2,(H,20,21). The molecule has 1 fully saturated rings. The highest BCUT2D eigenvalue weighted by molar-refractivity contribution is 5.80. The Labute approximate surface area is 131 Å². The molecule has 3 nitrogen and oxygen atoms in total. The van der Waals surface area contributed by atoms with Gasteiger partial charge in [0, 0.05) is 5.70 Å². The van der Waals surface area contributed by atoms with Crippen molar-refractivity contribution in [3.05, 3.63) is 35.5 Å². The van der Waals surface area contributed by atoms with E-state index in [9.17, 15) is 0 Å². The molecule has 1 N–H and O–H groups in total. The zero-order valence-corrected chi connectivity index (χ0v) is 13.1. The number of hydrogen-bond donors (Lipinski definition) is 1. The summed E-state index contributed by atoms with van der Waals surface area (Å²) in [6.07, 6.45) is 11.8. The van der Waals surface area contributed by atoms with E-state index >= 15 is 0 Å². The second kappa shape index (κ2) is 4.61. The van der Waals surface area contributed by atoms with Crippen molar-refractivity contribution in [3.63, 3.8) is 0 Å². The Morgan fingerprint density at radius 1 is 0.955 bits per heavy atom. The van der Waals surface area contributed by atoms with E-state index in [1.165, 1.54) is 69.0 Å². The molecule has 1 saturated carbocycles. The maximum Gasteiger partial charge on any atom is 0.208 e. The molecular weight excluding hydrogens is 270 g/mol. The molecular formula is C19H23N3. The lowest BCUT2D eigenvalue weighted by Crippen LogP contribution is -2.43. The van der Waals surface area contributed by atoms with E-state index in [4.69, 9.17) is 4.98 Å². The van der Waals surface area contributed by atoms with Crippen LogP contribution in [0.25, 0.3) is 11.0 Å². The van der Waals surface area contributed by atoms with Crippen LogP contribution in [-0.4, -0.2) is 9.55 Å². The summed E-state index contributed by atoms with van der Waals surface area (Å²) >= 11 is 0. The number of fused-ring (bicyclic) bond motifs is 5. The molecule has 2 aliphatic carbocycles. The van der Waals surface area contributed by atoms with Gasteiger partial charge in [0.15, 0.2) is 0 Å². The van der Waals surface area contributed by atoms with Crippen molar-refractivity contribution in [3.8, 4) is 0 Å². The van der Waals surface area contributed by atoms with Gasteiger partial charge in [0.25, 0.3) is 0 Å². The summed E-state index contributed by atoms with van der Waals surface area (Å²) in [5, 5.41) is 3.69. The molecule has 3 aliphatic rings. The number of nitrogens with zero attached hydrogens (tertiary/aromatic N) is 2. The SMILES string of the molecule is c1ccc2c(c1)nc1n2C2(CCCCC2)C2=C(CCCC2)N1. The zero-order chi connectivity index (χ0) is 14.6. The summed E-state index contributed by atoms with van der Waals surface area (Å²) in [7, 11) is 0. The molecule has 0 bridgehead atoms. The van der Waals surface area contributed by atoms with Crippen molar-refractivity contribution in [1.82, 2.24) is 9.55 Å². The normalized spacial score (nSPS) is 23.3. The molecule has 22 heavy (non-hydrogen) atoms. The molecule has 0 atom stereocenters. The van der Waals surface area contributed by atoms with Crippen LogP contribution >= 0.6 is 0 Å². The van der Waals surface area contributed by atoms with E-state index in [0.717, 1.165) is 11.5 Å². The van der Waals surface area contributed by atoms with E-state index in [1.807, 2.05) is 0 Å². The highest BCUT2D eigenvalue weighted by Crippen LogP contribution is 2.51. The molecule has 2 aromatic rings. The number of anilines is 1. The third kappa shape index (κ3) is 1.60. The molecule has 3 heteroatoms. The highest BCUT2D eigenvalue weighted by atomic mass is 15.3. The minimum atomic E-state index is 0.213. The molecule has 1 spiro atoms. The lowest BCUT2D eigenvalue weighted by molar-refractivity contribution is 0.231. The third-order valence-corrected chi connectivity index (χ3v) is 5.96. The summed E-state index contributed by atoms with van der Waals surface area (Å²) in [6, 6.07) is 8.65. The first kappa shape index (κ1) is 12.7. The summed E-state index contributed by atoms with van der Waals surface area (Å²) in [6.45, 7) is 0. The first-order valence-electron chi connectivity index (χ1n) is 8.86. The van der Waals surface area contributed by atoms with E-state index in [-0.39, 0.29) is 5.54 Å². The number of hydrogen-bond acceptors (Lipinski definition) is 2. The monoisotopic (exact) mass is 293 g/mol. The first-order valence-corrected chi connectivity index (χ1v) is 8.86. The number of para-hydroxylation sites is 2. The van der Waals surface area contributed by atoms with Gasteiger partial charge >= 0.3 is 0 Å². The highest BCUT2D eigenvalue weighted by Gasteiger charge is 2.44. The maximum atomic E-state index is 4.91. The van der Waals surface area contributed by atoms with Gasteiger partial charge < -0.3 is 5.32 Å². The summed E-state index contributed by atoms with van der Waals surface area (Å²) in [5.74, 6) is 1.09. The van der Waals surface area contributed by atoms with Gasteiger partial charge in [-0.3, -0.25) is 4.57 Å². The van der Waals surface area contributed by atoms with Crippen LogP contribution in [-0.2, 0) is 5.54 Å². The van der Waals surface area contributed by atoms with Crippen molar-refractivity contribution >= 4 is 17.0 Å². The van der Waals surface area contributed by atoms with Crippen LogP contribution in [0.3, 0.4) is 0 Å². The molecule has 1 aromatic carbocycles. The summed E-state index contributed by atoms with van der Waals surface area (Å²) in [4.78, 5) is 4.91. The smallest absolute Gasteiger partial charge is 0.208 e. The quantitative estimate of drug-likeness (QED) is 0.745. The van der Waals surface area contributed by atoms with Gasteiger partial charge in [-0.15, -0.1) is 0 Å². The molecule has 1 aromatic heterocycles. The fraction of sp³-hybridized carbons (Fsp3) is 0.526. The maximum absolute atomic E-state index is 4.91. The van der Waals surface area contributed by atoms with Gasteiger partial charge in [-0.25, -0.2) is 4.98 Å². The predicted molar refractivity (Wildman–Crippen MR) is 89.9 cm³/mol. The second-order valence-electron chi connectivity index (χ2n) is 7.14. The average Bonchev–Trinajstić information content (AvgIpc) is 2.95. The number of allylic oxidation sites excluding steroid dienone is 2. The Morgan fingerprint density at radius 3 is 2.68 bits per heavy atom. The van der Waals surface area contributed by atoms with E-state index < -0.39 is 0 Å². The predicted octanol–water partition coefficient (Wildman–Crippen LogP) is 4.95. The van der Waals surface area contributed by atoms with Gasteiger partial charge in [0.1, 0.15) is 0 Å². The number of benzene rings is 1. The molecule has 0 saturated heterocycles. The molecule has 0 amide bonds. The van der Waals surface area contributed by atoms with Gasteiger partial charge in [-0.1, -0.05) is 31.4 Å². The Bertz CT molecular complexity index is 762. The minimum Gasteiger partial charge on any atom is -0.329 e. The van der Waals surface area contributed by atoms with Crippen molar-refractivity contribution in [2.24, 2.45) is 0 Å². The summed E-state index contributed by atoms with van der Waals surface area (Å²) in [5.41, 5.74) is 5.86. The van der Waals surface area contributed by atoms with Gasteiger partial charge in [0.2, 0.25) is 5.95 Å².